The lowest BCUT2D eigenvalue weighted by Crippen LogP contribution is -2.02. The maximum atomic E-state index is 11.9. The highest BCUT2D eigenvalue weighted by Gasteiger charge is 2.37. The van der Waals surface area contributed by atoms with E-state index in [2.05, 4.69) is 4.98 Å². The Morgan fingerprint density at radius 1 is 1.43 bits per heavy atom. The van der Waals surface area contributed by atoms with E-state index in [-0.39, 0.29) is 5.97 Å². The predicted molar refractivity (Wildman–Crippen MR) is 73.5 cm³/mol. The van der Waals surface area contributed by atoms with Crippen LogP contribution in [0.2, 0.25) is 4.47 Å². The van der Waals surface area contributed by atoms with Crippen LogP contribution in [-0.2, 0) is 10.9 Å². The van der Waals surface area contributed by atoms with E-state index in [9.17, 15) is 18.0 Å². The highest BCUT2D eigenvalue weighted by molar-refractivity contribution is 7.17. The fraction of sp³-hybridized carbons (Fsp3) is 0.231. The van der Waals surface area contributed by atoms with Crippen LogP contribution in [0.15, 0.2) is 24.4 Å². The first-order valence-electron chi connectivity index (χ1n) is 5.83. The zero-order chi connectivity index (χ0) is 15.6. The van der Waals surface area contributed by atoms with Gasteiger partial charge in [0.25, 0.3) is 0 Å². The first kappa shape index (κ1) is 15.8. The smallest absolute Gasteiger partial charge is 0.417 e. The largest absolute Gasteiger partial charge is 0.462 e. The average molecular weight is 336 g/mol. The van der Waals surface area contributed by atoms with Gasteiger partial charge in [-0.15, -0.1) is 0 Å². The third-order valence-electron chi connectivity index (χ3n) is 2.51. The lowest BCUT2D eigenvalue weighted by Gasteiger charge is -2.01. The number of carbonyl (C=O) groups is 1. The van der Waals surface area contributed by atoms with Crippen LogP contribution in [0.25, 0.3) is 11.1 Å². The van der Waals surface area contributed by atoms with Gasteiger partial charge in [-0.3, -0.25) is 0 Å². The second-order valence-corrected chi connectivity index (χ2v) is 5.57. The van der Waals surface area contributed by atoms with E-state index in [0.29, 0.717) is 21.5 Å². The Kier molecular flexibility index (Phi) is 4.53. The molecule has 0 aromatic carbocycles. The van der Waals surface area contributed by atoms with Crippen LogP contribution in [0.3, 0.4) is 0 Å². The van der Waals surface area contributed by atoms with Gasteiger partial charge < -0.3 is 4.74 Å². The number of hydrogen-bond acceptors (Lipinski definition) is 4. The maximum Gasteiger partial charge on any atom is 0.417 e. The summed E-state index contributed by atoms with van der Waals surface area (Å²) in [6.45, 7) is 2.12. The summed E-state index contributed by atoms with van der Waals surface area (Å²) in [6, 6.07) is 4.13. The fourth-order valence-corrected chi connectivity index (χ4v) is 2.38. The van der Waals surface area contributed by atoms with Gasteiger partial charge in [0.15, 0.2) is 4.47 Å². The zero-order valence-electron chi connectivity index (χ0n) is 10.7. The Labute approximate surface area is 127 Å². The Bertz CT molecular complexity index is 670. The molecule has 21 heavy (non-hydrogen) atoms. The molecule has 2 aliphatic rings. The zero-order valence-corrected chi connectivity index (χ0v) is 12.3. The van der Waals surface area contributed by atoms with Crippen LogP contribution in [0, 0.1) is 0 Å². The van der Waals surface area contributed by atoms with Gasteiger partial charge >= 0.3 is 12.1 Å². The summed E-state index contributed by atoms with van der Waals surface area (Å²) in [6.07, 6.45) is -2.76. The number of carbonyl (C=O) groups excluding carboxylic acids is 1. The average Bonchev–Trinajstić information content (AvgIpc) is 2.84. The third kappa shape index (κ3) is 3.95. The van der Waals surface area contributed by atoms with E-state index in [1.54, 1.807) is 6.92 Å². The molecule has 0 radical (unpaired) electrons. The maximum absolute atomic E-state index is 11.9. The Hall–Kier alpha value is -1.60. The minimum absolute atomic E-state index is 0.355. The van der Waals surface area contributed by atoms with Gasteiger partial charge in [0.2, 0.25) is 0 Å². The number of hydrogen-bond donors (Lipinski definition) is 0. The van der Waals surface area contributed by atoms with E-state index >= 15 is 0 Å². The molecule has 1 aromatic rings. The number of aromatic nitrogens is 1. The topological polar surface area (TPSA) is 39.2 Å². The van der Waals surface area contributed by atoms with E-state index < -0.39 is 11.7 Å². The quantitative estimate of drug-likeness (QED) is 0.639. The molecule has 3 rings (SSSR count). The molecular weight excluding hydrogens is 327 g/mol. The number of benzene rings is 1. The molecule has 0 saturated carbocycles. The van der Waals surface area contributed by atoms with Crippen LogP contribution in [0.1, 0.15) is 22.2 Å². The van der Waals surface area contributed by atoms with Crippen molar-refractivity contribution in [2.45, 2.75) is 13.1 Å². The lowest BCUT2D eigenvalue weighted by molar-refractivity contribution is -0.136. The number of fused-ring (bicyclic) bond motifs is 1. The van der Waals surface area contributed by atoms with Crippen molar-refractivity contribution >= 4 is 28.9 Å². The summed E-state index contributed by atoms with van der Waals surface area (Å²) in [5.74, 6) is -0.364. The molecule has 0 unspecified atom stereocenters. The third-order valence-corrected chi connectivity index (χ3v) is 3.60. The summed E-state index contributed by atoms with van der Waals surface area (Å²) in [5, 5.41) is 0. The van der Waals surface area contributed by atoms with E-state index in [1.807, 2.05) is 0 Å². The molecule has 0 spiro atoms. The molecule has 1 aromatic heterocycles. The number of thiazole rings is 1. The summed E-state index contributed by atoms with van der Waals surface area (Å²) < 4.78 is 40.8. The van der Waals surface area contributed by atoms with E-state index in [0.717, 1.165) is 23.0 Å². The molecule has 0 saturated heterocycles. The van der Waals surface area contributed by atoms with Crippen molar-refractivity contribution in [2.24, 2.45) is 0 Å². The molecule has 0 atom stereocenters. The summed E-state index contributed by atoms with van der Waals surface area (Å²) in [5.41, 5.74) is 0.599. The van der Waals surface area contributed by atoms with Crippen molar-refractivity contribution in [3.05, 3.63) is 39.3 Å². The lowest BCUT2D eigenvalue weighted by atomic mass is 10.3. The molecule has 0 bridgehead atoms. The van der Waals surface area contributed by atoms with Crippen molar-refractivity contribution in [3.8, 4) is 11.1 Å². The van der Waals surface area contributed by atoms with Crippen LogP contribution < -0.4 is 0 Å². The van der Waals surface area contributed by atoms with Crippen LogP contribution in [-0.4, -0.2) is 17.6 Å². The van der Waals surface area contributed by atoms with Gasteiger partial charge in [-0.1, -0.05) is 29.0 Å². The number of ether oxygens (including phenoxy) is 1. The molecule has 0 fully saturated rings. The fourth-order valence-electron chi connectivity index (χ4n) is 1.55. The summed E-state index contributed by atoms with van der Waals surface area (Å²) in [7, 11) is 0. The normalized spacial score (nSPS) is 11.5. The van der Waals surface area contributed by atoms with Crippen LogP contribution in [0.4, 0.5) is 13.2 Å². The SMILES string of the molecule is CCOC(=O)c1cnc(Cl)s1.FC(F)(F)c1ccc2cc1-2. The number of esters is 1. The minimum Gasteiger partial charge on any atom is -0.462 e. The highest BCUT2D eigenvalue weighted by Crippen LogP contribution is 2.45. The van der Waals surface area contributed by atoms with Gasteiger partial charge in [-0.05, 0) is 30.2 Å². The summed E-state index contributed by atoms with van der Waals surface area (Å²) >= 11 is 6.62. The minimum atomic E-state index is -4.17. The highest BCUT2D eigenvalue weighted by atomic mass is 35.5. The first-order valence-corrected chi connectivity index (χ1v) is 7.02. The Balaban J connectivity index is 0.000000154. The second kappa shape index (κ2) is 6.03. The number of nitrogens with zero attached hydrogens (tertiary/aromatic N) is 1. The Morgan fingerprint density at radius 3 is 2.48 bits per heavy atom. The molecule has 0 amide bonds. The van der Waals surface area contributed by atoms with Gasteiger partial charge in [0.1, 0.15) is 4.88 Å². The van der Waals surface area contributed by atoms with Gasteiger partial charge in [0, 0.05) is 0 Å². The van der Waals surface area contributed by atoms with Crippen LogP contribution in [0.5, 0.6) is 0 Å². The van der Waals surface area contributed by atoms with Gasteiger partial charge in [-0.2, -0.15) is 13.2 Å². The summed E-state index contributed by atoms with van der Waals surface area (Å²) in [4.78, 5) is 15.1. The molecule has 112 valence electrons. The molecule has 2 aliphatic carbocycles. The number of rotatable bonds is 2. The molecule has 1 heterocycles. The monoisotopic (exact) mass is 335 g/mol. The number of alkyl halides is 3. The number of halogens is 4. The molecule has 0 aliphatic heterocycles. The van der Waals surface area contributed by atoms with Crippen molar-refractivity contribution in [3.63, 3.8) is 0 Å². The van der Waals surface area contributed by atoms with Crippen molar-refractivity contribution in [2.75, 3.05) is 6.61 Å². The predicted octanol–water partition coefficient (Wildman–Crippen LogP) is 4.66. The Morgan fingerprint density at radius 2 is 2.14 bits per heavy atom. The molecule has 0 N–H and O–H groups in total. The molecule has 3 nitrogen and oxygen atoms in total. The van der Waals surface area contributed by atoms with Crippen LogP contribution >= 0.6 is 22.9 Å². The van der Waals surface area contributed by atoms with Crippen molar-refractivity contribution in [1.82, 2.24) is 4.98 Å². The van der Waals surface area contributed by atoms with Gasteiger partial charge in [0.05, 0.1) is 18.4 Å². The van der Waals surface area contributed by atoms with Crippen molar-refractivity contribution < 1.29 is 22.7 Å². The molecule has 8 heteroatoms. The van der Waals surface area contributed by atoms with Gasteiger partial charge in [-0.25, -0.2) is 9.78 Å². The van der Waals surface area contributed by atoms with E-state index in [1.165, 1.54) is 18.3 Å². The first-order chi connectivity index (χ1) is 9.82. The van der Waals surface area contributed by atoms with E-state index in [4.69, 9.17) is 16.3 Å². The second-order valence-electron chi connectivity index (χ2n) is 3.96. The van der Waals surface area contributed by atoms with Crippen molar-refractivity contribution in [1.29, 1.82) is 0 Å². The standard InChI is InChI=1S/C7H3F3.C6H6ClNO2S/c8-7(9,10)6-2-1-4-3-5(4)6;1-2-10-5(9)4-3-8-6(7)11-4/h1-3H;3H,2H2,1H3. The molecular formula is C13H9ClF3NO2S.